The molecule has 0 spiro atoms. The third-order valence-corrected chi connectivity index (χ3v) is 3.96. The molecule has 1 aliphatic rings. The molecule has 1 aromatic carbocycles. The van der Waals surface area contributed by atoms with Gasteiger partial charge in [-0.2, -0.15) is 0 Å². The Balaban J connectivity index is 1.99. The highest BCUT2D eigenvalue weighted by Gasteiger charge is 2.16. The summed E-state index contributed by atoms with van der Waals surface area (Å²) in [5, 5.41) is 8.62. The van der Waals surface area contributed by atoms with Crippen molar-refractivity contribution in [1.82, 2.24) is 4.90 Å². The highest BCUT2D eigenvalue weighted by molar-refractivity contribution is 5.85. The van der Waals surface area contributed by atoms with E-state index < -0.39 is 11.8 Å². The van der Waals surface area contributed by atoms with Crippen molar-refractivity contribution in [2.75, 3.05) is 13.6 Å². The minimum atomic E-state index is -1.07. The normalized spacial score (nSPS) is 16.1. The maximum absolute atomic E-state index is 13.6. The van der Waals surface area contributed by atoms with Crippen LogP contribution in [0.3, 0.4) is 0 Å². The number of nitrogens with zero attached hydrogens (tertiary/aromatic N) is 1. The molecule has 0 atom stereocenters. The van der Waals surface area contributed by atoms with E-state index in [-0.39, 0.29) is 0 Å². The van der Waals surface area contributed by atoms with E-state index in [4.69, 9.17) is 5.11 Å². The summed E-state index contributed by atoms with van der Waals surface area (Å²) in [4.78, 5) is 12.8. The number of aliphatic carboxylic acids is 1. The summed E-state index contributed by atoms with van der Waals surface area (Å²) in [6.45, 7) is 1.82. The lowest BCUT2D eigenvalue weighted by Crippen LogP contribution is -2.24. The second-order valence-corrected chi connectivity index (χ2v) is 5.87. The molecule has 0 amide bonds. The first-order valence-electron chi connectivity index (χ1n) is 7.42. The van der Waals surface area contributed by atoms with Crippen LogP contribution in [0.25, 0.3) is 6.08 Å². The van der Waals surface area contributed by atoms with Crippen molar-refractivity contribution in [1.29, 1.82) is 0 Å². The van der Waals surface area contributed by atoms with Gasteiger partial charge in [0.05, 0.1) is 0 Å². The Kier molecular flexibility index (Phi) is 5.51. The fourth-order valence-corrected chi connectivity index (χ4v) is 2.99. The summed E-state index contributed by atoms with van der Waals surface area (Å²) in [5.74, 6) is -0.685. The molecule has 1 N–H and O–H groups in total. The van der Waals surface area contributed by atoms with Crippen LogP contribution in [-0.4, -0.2) is 29.6 Å². The second kappa shape index (κ2) is 7.36. The molecule has 114 valence electrons. The minimum absolute atomic E-state index is 0.323. The van der Waals surface area contributed by atoms with E-state index in [0.717, 1.165) is 30.6 Å². The van der Waals surface area contributed by atoms with Gasteiger partial charge in [0.2, 0.25) is 0 Å². The van der Waals surface area contributed by atoms with Crippen LogP contribution in [0, 0.1) is 11.7 Å². The van der Waals surface area contributed by atoms with Crippen molar-refractivity contribution in [2.24, 2.45) is 5.92 Å². The molecule has 2 rings (SSSR count). The predicted molar refractivity (Wildman–Crippen MR) is 81.4 cm³/mol. The number of hydrogen-bond donors (Lipinski definition) is 1. The molecule has 0 unspecified atom stereocenters. The van der Waals surface area contributed by atoms with Crippen molar-refractivity contribution in [3.8, 4) is 0 Å². The van der Waals surface area contributed by atoms with E-state index in [9.17, 15) is 9.18 Å². The van der Waals surface area contributed by atoms with Gasteiger partial charge in [-0.15, -0.1) is 0 Å². The van der Waals surface area contributed by atoms with Crippen LogP contribution in [0.1, 0.15) is 36.8 Å². The van der Waals surface area contributed by atoms with E-state index in [1.165, 1.54) is 37.8 Å². The maximum Gasteiger partial charge on any atom is 0.328 e. The molecule has 4 heteroatoms. The van der Waals surface area contributed by atoms with Crippen LogP contribution in [0.4, 0.5) is 4.39 Å². The van der Waals surface area contributed by atoms with Crippen LogP contribution in [0.15, 0.2) is 24.3 Å². The number of carbonyl (C=O) groups is 1. The first kappa shape index (κ1) is 15.7. The zero-order chi connectivity index (χ0) is 15.2. The molecule has 3 nitrogen and oxygen atoms in total. The number of benzene rings is 1. The van der Waals surface area contributed by atoms with Gasteiger partial charge in [-0.3, -0.25) is 0 Å². The predicted octanol–water partition coefficient (Wildman–Crippen LogP) is 3.55. The largest absolute Gasteiger partial charge is 0.478 e. The summed E-state index contributed by atoms with van der Waals surface area (Å²) in [7, 11) is 2.08. The number of halogens is 1. The van der Waals surface area contributed by atoms with Crippen molar-refractivity contribution in [2.45, 2.75) is 32.2 Å². The Labute approximate surface area is 125 Å². The average molecular weight is 291 g/mol. The van der Waals surface area contributed by atoms with E-state index in [0.29, 0.717) is 5.56 Å². The third kappa shape index (κ3) is 4.97. The SMILES string of the molecule is CN(Cc1ccc(F)c(C=CC(=O)O)c1)CC1CCCC1. The Bertz CT molecular complexity index is 522. The highest BCUT2D eigenvalue weighted by Crippen LogP contribution is 2.25. The van der Waals surface area contributed by atoms with Gasteiger partial charge in [0.25, 0.3) is 0 Å². The lowest BCUT2D eigenvalue weighted by Gasteiger charge is -2.21. The van der Waals surface area contributed by atoms with Crippen molar-refractivity contribution in [3.05, 3.63) is 41.2 Å². The van der Waals surface area contributed by atoms with Crippen LogP contribution < -0.4 is 0 Å². The average Bonchev–Trinajstić information content (AvgIpc) is 2.92. The van der Waals surface area contributed by atoms with E-state index in [2.05, 4.69) is 11.9 Å². The number of carboxylic acid groups (broad SMARTS) is 1. The fraction of sp³-hybridized carbons (Fsp3) is 0.471. The summed E-state index contributed by atoms with van der Waals surface area (Å²) < 4.78 is 13.6. The number of carboxylic acids is 1. The molecule has 21 heavy (non-hydrogen) atoms. The molecule has 0 radical (unpaired) electrons. The smallest absolute Gasteiger partial charge is 0.328 e. The van der Waals surface area contributed by atoms with Crippen LogP contribution in [0.5, 0.6) is 0 Å². The molecule has 1 saturated carbocycles. The van der Waals surface area contributed by atoms with Gasteiger partial charge in [0.1, 0.15) is 5.82 Å². The maximum atomic E-state index is 13.6. The van der Waals surface area contributed by atoms with Gasteiger partial charge < -0.3 is 10.0 Å². The standard InChI is InChI=1S/C17H22FNO2/c1-19(11-13-4-2-3-5-13)12-14-6-8-16(18)15(10-14)7-9-17(20)21/h6-10,13H,2-5,11-12H2,1H3,(H,20,21). The zero-order valence-electron chi connectivity index (χ0n) is 12.4. The number of rotatable bonds is 6. The fourth-order valence-electron chi connectivity index (χ4n) is 2.99. The van der Waals surface area contributed by atoms with Crippen LogP contribution >= 0.6 is 0 Å². The monoisotopic (exact) mass is 291 g/mol. The Morgan fingerprint density at radius 3 is 2.81 bits per heavy atom. The van der Waals surface area contributed by atoms with Crippen LogP contribution in [0.2, 0.25) is 0 Å². The van der Waals surface area contributed by atoms with Crippen molar-refractivity contribution in [3.63, 3.8) is 0 Å². The van der Waals surface area contributed by atoms with Gasteiger partial charge in [0, 0.05) is 24.7 Å². The first-order chi connectivity index (χ1) is 10.0. The molecule has 0 bridgehead atoms. The molecule has 1 aliphatic carbocycles. The van der Waals surface area contributed by atoms with E-state index >= 15 is 0 Å². The lowest BCUT2D eigenvalue weighted by molar-refractivity contribution is -0.131. The van der Waals surface area contributed by atoms with Crippen molar-refractivity contribution >= 4 is 12.0 Å². The first-order valence-corrected chi connectivity index (χ1v) is 7.42. The molecule has 0 aliphatic heterocycles. The summed E-state index contributed by atoms with van der Waals surface area (Å²) >= 11 is 0. The Hall–Kier alpha value is -1.68. The van der Waals surface area contributed by atoms with Gasteiger partial charge >= 0.3 is 5.97 Å². The van der Waals surface area contributed by atoms with E-state index in [1.807, 2.05) is 0 Å². The molecular weight excluding hydrogens is 269 g/mol. The van der Waals surface area contributed by atoms with Gasteiger partial charge in [-0.25, -0.2) is 9.18 Å². The summed E-state index contributed by atoms with van der Waals surface area (Å²) in [6, 6.07) is 4.89. The molecule has 0 aromatic heterocycles. The number of hydrogen-bond acceptors (Lipinski definition) is 2. The quantitative estimate of drug-likeness (QED) is 0.815. The Morgan fingerprint density at radius 1 is 1.43 bits per heavy atom. The summed E-state index contributed by atoms with van der Waals surface area (Å²) in [5.41, 5.74) is 1.33. The lowest BCUT2D eigenvalue weighted by atomic mass is 10.1. The third-order valence-electron chi connectivity index (χ3n) is 3.96. The minimum Gasteiger partial charge on any atom is -0.478 e. The highest BCUT2D eigenvalue weighted by atomic mass is 19.1. The van der Waals surface area contributed by atoms with Gasteiger partial charge in [0.15, 0.2) is 0 Å². The van der Waals surface area contributed by atoms with Gasteiger partial charge in [-0.1, -0.05) is 18.9 Å². The molecule has 0 heterocycles. The topological polar surface area (TPSA) is 40.5 Å². The summed E-state index contributed by atoms with van der Waals surface area (Å²) in [6.07, 6.45) is 7.54. The van der Waals surface area contributed by atoms with E-state index in [1.54, 1.807) is 12.1 Å². The molecular formula is C17H22FNO2. The second-order valence-electron chi connectivity index (χ2n) is 5.87. The molecule has 0 saturated heterocycles. The Morgan fingerprint density at radius 2 is 2.14 bits per heavy atom. The van der Waals surface area contributed by atoms with Crippen molar-refractivity contribution < 1.29 is 14.3 Å². The van der Waals surface area contributed by atoms with Crippen LogP contribution in [-0.2, 0) is 11.3 Å². The zero-order valence-corrected chi connectivity index (χ0v) is 12.4. The molecule has 1 fully saturated rings. The molecule has 1 aromatic rings. The van der Waals surface area contributed by atoms with Gasteiger partial charge in [-0.05, 0) is 49.6 Å².